The lowest BCUT2D eigenvalue weighted by Gasteiger charge is -2.34. The summed E-state index contributed by atoms with van der Waals surface area (Å²) in [6.07, 6.45) is 0. The van der Waals surface area contributed by atoms with Crippen LogP contribution in [-0.2, 0) is 49.4 Å². The van der Waals surface area contributed by atoms with Gasteiger partial charge in [0.15, 0.2) is 8.32 Å². The van der Waals surface area contributed by atoms with Gasteiger partial charge < -0.3 is 102 Å². The normalized spacial score (nSPS) is 14.8. The van der Waals surface area contributed by atoms with Gasteiger partial charge >= 0.3 is 146 Å². The van der Waals surface area contributed by atoms with E-state index in [1.807, 2.05) is 78.6 Å². The minimum Gasteiger partial charge on any atom is -0.437 e. The molecular weight excluding hydrogens is 1320 g/mol. The Labute approximate surface area is 494 Å². The summed E-state index contributed by atoms with van der Waals surface area (Å²) in [5, 5.41) is 0. The van der Waals surface area contributed by atoms with Crippen molar-refractivity contribution in [1.29, 1.82) is 0 Å². The quantitative estimate of drug-likeness (QED) is 0.0411. The molecule has 11 N–H and O–H groups in total. The average Bonchev–Trinajstić information content (AvgIpc) is 2.81. The highest BCUT2D eigenvalue weighted by atomic mass is 28.5. The lowest BCUT2D eigenvalue weighted by Crippen LogP contribution is -2.52. The summed E-state index contributed by atoms with van der Waals surface area (Å²) in [6.45, 7) is 66.1. The highest BCUT2D eigenvalue weighted by Gasteiger charge is 2.43. The van der Waals surface area contributed by atoms with Crippen molar-refractivity contribution in [3.05, 3.63) is 0 Å². The molecule has 0 spiro atoms. The van der Waals surface area contributed by atoms with Crippen LogP contribution in [0.2, 0.25) is 242 Å². The van der Waals surface area contributed by atoms with Crippen LogP contribution in [0.1, 0.15) is 0 Å². The highest BCUT2D eigenvalue weighted by Crippen LogP contribution is 2.23. The van der Waals surface area contributed by atoms with Crippen LogP contribution in [-0.4, -0.2) is 207 Å². The number of rotatable bonds is 24. The third-order valence-electron chi connectivity index (χ3n) is 6.00. The number of hydrogen-bond acceptors (Lipinski definition) is 23. The molecule has 0 saturated heterocycles. The van der Waals surface area contributed by atoms with Gasteiger partial charge in [-0.05, 0) is 242 Å². The minimum absolute atomic E-state index is 1.54. The molecule has 0 fully saturated rings. The van der Waals surface area contributed by atoms with Gasteiger partial charge in [0.2, 0.25) is 0 Å². The van der Waals surface area contributed by atoms with Crippen molar-refractivity contribution in [3.63, 3.8) is 0 Å². The second kappa shape index (κ2) is 33.0. The largest absolute Gasteiger partial charge is 0.437 e. The Morgan fingerprint density at radius 1 is 0.128 bits per heavy atom. The molecule has 23 nitrogen and oxygen atoms in total. The SMILES string of the molecule is C[Si](C)(C)O[Si](C)(C)O[Si](C)(C)O.C[Si](C)(O)O[Si](C)(C)O[Si](C)(C)O.C[Si](C)(O)O[Si](C)(C)O[Si](C)(C)O.C[Si](C)(O)O[Si](C)(C)O[Si](C)(C)O.C[Si](C)(O)O[Si](C)(C)O[Si](C)(C)O.C[Si](C)(O)O[Si](C)(C)O[Si](C)(C)O. The van der Waals surface area contributed by atoms with Crippen molar-refractivity contribution in [2.75, 3.05) is 0 Å². The smallest absolute Gasteiger partial charge is 0.320 e. The first kappa shape index (κ1) is 92.1. The molecule has 0 saturated carbocycles. The van der Waals surface area contributed by atoms with Crippen LogP contribution in [0.25, 0.3) is 0 Å². The van der Waals surface area contributed by atoms with Gasteiger partial charge in [-0.15, -0.1) is 0 Å². The van der Waals surface area contributed by atoms with Gasteiger partial charge in [0.1, 0.15) is 0 Å². The van der Waals surface area contributed by atoms with Crippen LogP contribution in [0.5, 0.6) is 0 Å². The molecule has 78 heavy (non-hydrogen) atoms. The fourth-order valence-electron chi connectivity index (χ4n) is 7.48. The van der Waals surface area contributed by atoms with Crippen LogP contribution in [0.4, 0.5) is 0 Å². The fourth-order valence-corrected chi connectivity index (χ4v) is 69.6. The van der Waals surface area contributed by atoms with E-state index in [2.05, 4.69) is 19.6 Å². The van der Waals surface area contributed by atoms with Gasteiger partial charge in [0.05, 0.1) is 0 Å². The van der Waals surface area contributed by atoms with Crippen molar-refractivity contribution in [2.24, 2.45) is 0 Å². The van der Waals surface area contributed by atoms with Crippen molar-refractivity contribution in [2.45, 2.75) is 242 Å². The molecule has 0 aromatic carbocycles. The molecule has 0 bridgehead atoms. The maximum Gasteiger partial charge on any atom is 0.320 e. The maximum absolute atomic E-state index is 9.64. The second-order valence-electron chi connectivity index (χ2n) is 27.7. The van der Waals surface area contributed by atoms with E-state index in [-0.39, 0.29) is 0 Å². The Balaban J connectivity index is -0.000000199. The molecule has 0 unspecified atom stereocenters. The van der Waals surface area contributed by atoms with E-state index in [4.69, 9.17) is 49.4 Å². The summed E-state index contributed by atoms with van der Waals surface area (Å²) in [4.78, 5) is 105. The molecule has 0 radical (unpaired) electrons. The first-order valence-corrected chi connectivity index (χ1v) is 77.6. The molecule has 41 heteroatoms. The monoisotopic (exact) mass is 1440 g/mol. The molecule has 0 aliphatic heterocycles. The molecule has 0 aliphatic carbocycles. The van der Waals surface area contributed by atoms with Gasteiger partial charge in [-0.2, -0.15) is 0 Å². The summed E-state index contributed by atoms with van der Waals surface area (Å²) in [5.41, 5.74) is 0. The molecule has 0 rings (SSSR count). The Hall–Kier alpha value is 2.98. The molecule has 0 aromatic heterocycles. The van der Waals surface area contributed by atoms with Crippen LogP contribution in [0.3, 0.4) is 0 Å². The first-order chi connectivity index (χ1) is 32.5. The molecule has 0 atom stereocenters. The Morgan fingerprint density at radius 3 is 0.244 bits per heavy atom. The van der Waals surface area contributed by atoms with E-state index in [0.717, 1.165) is 0 Å². The van der Waals surface area contributed by atoms with Gasteiger partial charge in [-0.1, -0.05) is 0 Å². The van der Waals surface area contributed by atoms with Gasteiger partial charge in [-0.25, -0.2) is 0 Å². The first-order valence-electron chi connectivity index (χ1n) is 25.9. The molecule has 0 aliphatic rings. The summed E-state index contributed by atoms with van der Waals surface area (Å²) in [7, 11) is -43.3. The third kappa shape index (κ3) is 85.4. The van der Waals surface area contributed by atoms with E-state index in [1.54, 1.807) is 144 Å². The molecule has 0 heterocycles. The van der Waals surface area contributed by atoms with E-state index in [9.17, 15) is 52.8 Å². The van der Waals surface area contributed by atoms with Crippen LogP contribution >= 0.6 is 0 Å². The Kier molecular flexibility index (Phi) is 39.0. The van der Waals surface area contributed by atoms with Gasteiger partial charge in [-0.3, -0.25) is 0 Å². The Bertz CT molecular complexity index is 1220. The second-order valence-corrected chi connectivity index (χ2v) is 90.3. The standard InChI is InChI=1S/C7H22O3Si3.5C6H20O4Si3/c1-11(2,3)9-13(6,7)10-12(4,5)8;5*1-11(2,7)9-13(5,6)10-12(3,4)8/h8H,1-7H3;5*7-8H,1-6H3. The highest BCUT2D eigenvalue weighted by molar-refractivity contribution is 6.88. The van der Waals surface area contributed by atoms with Crippen molar-refractivity contribution in [1.82, 2.24) is 0 Å². The van der Waals surface area contributed by atoms with Crippen molar-refractivity contribution < 1.29 is 102 Å². The fraction of sp³-hybridized carbons (Fsp3) is 1.00. The predicted octanol–water partition coefficient (Wildman–Crippen LogP) is 7.80. The predicted molar refractivity (Wildman–Crippen MR) is 358 cm³/mol. The Morgan fingerprint density at radius 2 is 0.192 bits per heavy atom. The molecule has 0 amide bonds. The summed E-state index contributed by atoms with van der Waals surface area (Å²) >= 11 is 0. The lowest BCUT2D eigenvalue weighted by molar-refractivity contribution is 0.291. The molecule has 480 valence electrons. The van der Waals surface area contributed by atoms with Gasteiger partial charge in [0.25, 0.3) is 0 Å². The van der Waals surface area contributed by atoms with Gasteiger partial charge in [0, 0.05) is 0 Å². The van der Waals surface area contributed by atoms with Crippen LogP contribution in [0.15, 0.2) is 0 Å². The molecular formula is C37H122O23Si18. The van der Waals surface area contributed by atoms with E-state index >= 15 is 0 Å². The zero-order valence-electron chi connectivity index (χ0n) is 55.8. The molecule has 0 aromatic rings. The van der Waals surface area contributed by atoms with Crippen molar-refractivity contribution >= 4 is 154 Å². The van der Waals surface area contributed by atoms with E-state index in [1.165, 1.54) is 0 Å². The number of hydrogen-bond donors (Lipinski definition) is 11. The van der Waals surface area contributed by atoms with E-state index < -0.39 is 154 Å². The topological polar surface area (TPSA) is 333 Å². The zero-order chi connectivity index (χ0) is 65.5. The lowest BCUT2D eigenvalue weighted by atomic mass is 11.8. The summed E-state index contributed by atoms with van der Waals surface area (Å²) in [6, 6.07) is 0. The van der Waals surface area contributed by atoms with Crippen molar-refractivity contribution in [3.8, 4) is 0 Å². The van der Waals surface area contributed by atoms with Crippen LogP contribution < -0.4 is 0 Å². The zero-order valence-corrected chi connectivity index (χ0v) is 73.8. The average molecular weight is 1440 g/mol. The summed E-state index contributed by atoms with van der Waals surface area (Å²) < 4.78 is 66.4. The van der Waals surface area contributed by atoms with E-state index in [0.29, 0.717) is 0 Å². The summed E-state index contributed by atoms with van der Waals surface area (Å²) in [5.74, 6) is 0. The minimum atomic E-state index is -2.54. The maximum atomic E-state index is 9.64. The van der Waals surface area contributed by atoms with Crippen LogP contribution in [0, 0.1) is 0 Å². The third-order valence-corrected chi connectivity index (χ3v) is 54.0.